The number of alkyl halides is 3. The fourth-order valence-corrected chi connectivity index (χ4v) is 3.80. The highest BCUT2D eigenvalue weighted by Gasteiger charge is 2.49. The molecule has 0 spiro atoms. The monoisotopic (exact) mass is 429 g/mol. The van der Waals surface area contributed by atoms with Gasteiger partial charge in [-0.2, -0.15) is 13.2 Å². The van der Waals surface area contributed by atoms with E-state index in [2.05, 4.69) is 15.3 Å². The van der Waals surface area contributed by atoms with Gasteiger partial charge >= 0.3 is 5.51 Å². The first-order chi connectivity index (χ1) is 13.7. The number of nitrogens with one attached hydrogen (secondary N) is 1. The van der Waals surface area contributed by atoms with Crippen molar-refractivity contribution in [3.63, 3.8) is 0 Å². The smallest absolute Gasteiger partial charge is 0.474 e. The van der Waals surface area contributed by atoms with Gasteiger partial charge in [0.2, 0.25) is 5.88 Å². The second-order valence-corrected chi connectivity index (χ2v) is 8.37. The second kappa shape index (κ2) is 8.36. The highest BCUT2D eigenvalue weighted by Crippen LogP contribution is 2.30. The maximum atomic E-state index is 12.8. The van der Waals surface area contributed by atoms with Crippen LogP contribution in [0.3, 0.4) is 0 Å². The third kappa shape index (κ3) is 4.84. The van der Waals surface area contributed by atoms with E-state index in [9.17, 15) is 26.4 Å². The molecule has 11 heteroatoms. The van der Waals surface area contributed by atoms with E-state index in [0.717, 1.165) is 37.9 Å². The van der Waals surface area contributed by atoms with Crippen LogP contribution in [0.4, 0.5) is 13.2 Å². The summed E-state index contributed by atoms with van der Waals surface area (Å²) >= 11 is 0. The Hall–Kier alpha value is -2.69. The van der Waals surface area contributed by atoms with Gasteiger partial charge in [0.25, 0.3) is 15.7 Å². The van der Waals surface area contributed by atoms with Crippen molar-refractivity contribution in [2.24, 2.45) is 0 Å². The average Bonchev–Trinajstić information content (AvgIpc) is 3.19. The maximum Gasteiger partial charge on any atom is 0.503 e. The molecule has 0 saturated heterocycles. The van der Waals surface area contributed by atoms with E-state index in [1.807, 2.05) is 0 Å². The summed E-state index contributed by atoms with van der Waals surface area (Å²) in [4.78, 5) is 19.7. The second-order valence-electron chi connectivity index (χ2n) is 6.52. The van der Waals surface area contributed by atoms with Gasteiger partial charge in [-0.05, 0) is 43.4 Å². The fourth-order valence-electron chi connectivity index (χ4n) is 2.93. The first kappa shape index (κ1) is 21.0. The molecule has 2 aromatic rings. The zero-order valence-electron chi connectivity index (χ0n) is 15.1. The highest BCUT2D eigenvalue weighted by molar-refractivity contribution is 7.92. The SMILES string of the molecule is O=C(NCc1ccc(OC2CCCC2)nc1)c1cccnc1S(=O)(=O)C(F)(F)F. The molecular weight excluding hydrogens is 411 g/mol. The molecule has 156 valence electrons. The van der Waals surface area contributed by atoms with Crippen LogP contribution < -0.4 is 10.1 Å². The largest absolute Gasteiger partial charge is 0.503 e. The van der Waals surface area contributed by atoms with E-state index in [1.54, 1.807) is 12.1 Å². The lowest BCUT2D eigenvalue weighted by Crippen LogP contribution is -2.30. The molecule has 29 heavy (non-hydrogen) atoms. The van der Waals surface area contributed by atoms with Crippen molar-refractivity contribution in [1.29, 1.82) is 0 Å². The zero-order chi connectivity index (χ0) is 21.1. The molecule has 1 aliphatic rings. The van der Waals surface area contributed by atoms with Gasteiger partial charge in [-0.3, -0.25) is 4.79 Å². The van der Waals surface area contributed by atoms with Crippen molar-refractivity contribution in [3.8, 4) is 5.88 Å². The maximum absolute atomic E-state index is 12.8. The van der Waals surface area contributed by atoms with Crippen molar-refractivity contribution < 1.29 is 31.1 Å². The predicted octanol–water partition coefficient (Wildman–Crippen LogP) is 3.02. The third-order valence-corrected chi connectivity index (χ3v) is 5.86. The number of amides is 1. The van der Waals surface area contributed by atoms with Crippen molar-refractivity contribution in [1.82, 2.24) is 15.3 Å². The molecule has 0 bridgehead atoms. The number of carbonyl (C=O) groups excluding carboxylic acids is 1. The van der Waals surface area contributed by atoms with Crippen LogP contribution in [0.25, 0.3) is 0 Å². The van der Waals surface area contributed by atoms with E-state index in [0.29, 0.717) is 11.4 Å². The number of pyridine rings is 2. The quantitative estimate of drug-likeness (QED) is 0.758. The van der Waals surface area contributed by atoms with E-state index in [1.165, 1.54) is 12.3 Å². The van der Waals surface area contributed by atoms with Crippen molar-refractivity contribution in [3.05, 3.63) is 47.8 Å². The molecule has 1 N–H and O–H groups in total. The lowest BCUT2D eigenvalue weighted by molar-refractivity contribution is -0.0438. The van der Waals surface area contributed by atoms with E-state index in [4.69, 9.17) is 4.74 Å². The van der Waals surface area contributed by atoms with Crippen LogP contribution in [-0.4, -0.2) is 35.9 Å². The molecule has 1 saturated carbocycles. The molecule has 0 radical (unpaired) electrons. The molecule has 0 aromatic carbocycles. The normalized spacial score (nSPS) is 15.3. The number of sulfone groups is 1. The molecule has 2 aromatic heterocycles. The van der Waals surface area contributed by atoms with Gasteiger partial charge < -0.3 is 10.1 Å². The molecule has 2 heterocycles. The lowest BCUT2D eigenvalue weighted by atomic mass is 10.2. The number of halogens is 3. The minimum atomic E-state index is -5.75. The van der Waals surface area contributed by atoms with Gasteiger partial charge in [0.1, 0.15) is 6.10 Å². The van der Waals surface area contributed by atoms with Crippen LogP contribution in [0.2, 0.25) is 0 Å². The molecule has 1 amide bonds. The highest BCUT2D eigenvalue weighted by atomic mass is 32.2. The van der Waals surface area contributed by atoms with E-state index < -0.39 is 31.8 Å². The zero-order valence-corrected chi connectivity index (χ0v) is 16.0. The van der Waals surface area contributed by atoms with Crippen molar-refractivity contribution in [2.45, 2.75) is 48.9 Å². The van der Waals surface area contributed by atoms with Crippen LogP contribution in [0.15, 0.2) is 41.7 Å². The minimum Gasteiger partial charge on any atom is -0.474 e. The number of nitrogens with zero attached hydrogens (tertiary/aromatic N) is 2. The molecule has 1 fully saturated rings. The van der Waals surface area contributed by atoms with E-state index in [-0.39, 0.29) is 12.6 Å². The molecule has 7 nitrogen and oxygen atoms in total. The van der Waals surface area contributed by atoms with Gasteiger partial charge in [-0.25, -0.2) is 18.4 Å². The standard InChI is InChI=1S/C18H18F3N3O4S/c19-18(20,21)29(26,27)17-14(6-3-9-22-17)16(25)24-11-12-7-8-15(23-10-12)28-13-4-1-2-5-13/h3,6-10,13H,1-2,4-5,11H2,(H,24,25). The van der Waals surface area contributed by atoms with Gasteiger partial charge in [-0.15, -0.1) is 0 Å². The molecule has 0 aliphatic heterocycles. The summed E-state index contributed by atoms with van der Waals surface area (Å²) in [6, 6.07) is 5.45. The Morgan fingerprint density at radius 2 is 1.90 bits per heavy atom. The Bertz CT molecular complexity index is 973. The number of carbonyl (C=O) groups is 1. The Balaban J connectivity index is 1.67. The van der Waals surface area contributed by atoms with Crippen molar-refractivity contribution in [2.75, 3.05) is 0 Å². The predicted molar refractivity (Wildman–Crippen MR) is 95.8 cm³/mol. The fraction of sp³-hybridized carbons (Fsp3) is 0.389. The van der Waals surface area contributed by atoms with Crippen molar-refractivity contribution >= 4 is 15.7 Å². The topological polar surface area (TPSA) is 98.2 Å². The lowest BCUT2D eigenvalue weighted by Gasteiger charge is -2.13. The van der Waals surface area contributed by atoms with Crippen LogP contribution in [0.1, 0.15) is 41.6 Å². The summed E-state index contributed by atoms with van der Waals surface area (Å²) in [7, 11) is -5.75. The number of hydrogen-bond acceptors (Lipinski definition) is 6. The minimum absolute atomic E-state index is 0.0596. The first-order valence-corrected chi connectivity index (χ1v) is 10.3. The summed E-state index contributed by atoms with van der Waals surface area (Å²) in [5.41, 5.74) is -5.67. The molecular formula is C18H18F3N3O4S. The summed E-state index contributed by atoms with van der Waals surface area (Å²) in [6.07, 6.45) is 6.70. The van der Waals surface area contributed by atoms with Crippen LogP contribution in [0, 0.1) is 0 Å². The van der Waals surface area contributed by atoms with Crippen LogP contribution >= 0.6 is 0 Å². The molecule has 0 unspecified atom stereocenters. The number of ether oxygens (including phenoxy) is 1. The Morgan fingerprint density at radius 1 is 1.17 bits per heavy atom. The Kier molecular flexibility index (Phi) is 6.06. The number of aromatic nitrogens is 2. The van der Waals surface area contributed by atoms with Gasteiger partial charge in [-0.1, -0.05) is 6.07 Å². The summed E-state index contributed by atoms with van der Waals surface area (Å²) in [5, 5.41) is 1.05. The van der Waals surface area contributed by atoms with Gasteiger partial charge in [0.15, 0.2) is 5.03 Å². The van der Waals surface area contributed by atoms with Crippen LogP contribution in [0.5, 0.6) is 5.88 Å². The third-order valence-electron chi connectivity index (χ3n) is 4.42. The van der Waals surface area contributed by atoms with Crippen LogP contribution in [-0.2, 0) is 16.4 Å². The summed E-state index contributed by atoms with van der Waals surface area (Å²) in [5.74, 6) is -0.537. The first-order valence-electron chi connectivity index (χ1n) is 8.84. The molecule has 3 rings (SSSR count). The number of hydrogen-bond donors (Lipinski definition) is 1. The molecule has 0 atom stereocenters. The Morgan fingerprint density at radius 3 is 2.52 bits per heavy atom. The number of rotatable bonds is 6. The average molecular weight is 429 g/mol. The summed E-state index contributed by atoms with van der Waals surface area (Å²) in [6.45, 7) is -0.0596. The Labute approximate surface area is 165 Å². The van der Waals surface area contributed by atoms with Gasteiger partial charge in [0.05, 0.1) is 5.56 Å². The van der Waals surface area contributed by atoms with Gasteiger partial charge in [0, 0.05) is 25.0 Å². The molecule has 1 aliphatic carbocycles. The van der Waals surface area contributed by atoms with E-state index >= 15 is 0 Å². The summed E-state index contributed by atoms with van der Waals surface area (Å²) < 4.78 is 67.5.